The topological polar surface area (TPSA) is 83.6 Å². The number of hydrogen-bond acceptors (Lipinski definition) is 4. The molecule has 6 nitrogen and oxygen atoms in total. The molecule has 0 aliphatic carbocycles. The zero-order chi connectivity index (χ0) is 75.9. The van der Waals surface area contributed by atoms with Crippen LogP contribution in [0.4, 0.5) is 0 Å². The predicted molar refractivity (Wildman–Crippen MR) is 441 cm³/mol. The number of benzene rings is 6. The minimum absolute atomic E-state index is 0. The number of nitrogens with zero attached hydrogens (tertiary/aromatic N) is 2. The van der Waals surface area contributed by atoms with E-state index in [-0.39, 0.29) is 84.3 Å². The van der Waals surface area contributed by atoms with Crippen molar-refractivity contribution in [3.05, 3.63) is 227 Å². The minimum atomic E-state index is 0. The first kappa shape index (κ1) is 105. The van der Waals surface area contributed by atoms with E-state index in [1.807, 2.05) is 147 Å². The molecular formula is C94H128N4O2W4. The number of aromatic amines is 2. The van der Waals surface area contributed by atoms with E-state index in [1.54, 1.807) is 0 Å². The second kappa shape index (κ2) is 56.8. The first-order chi connectivity index (χ1) is 48.2. The van der Waals surface area contributed by atoms with Gasteiger partial charge in [0.15, 0.2) is 0 Å². The van der Waals surface area contributed by atoms with Crippen LogP contribution in [0.15, 0.2) is 142 Å². The standard InChI is InChI=1S/C20H21N.C20H20O.C19H20N2.C19H19NO.8C2H6.4W/c2*1-13(2)15-5-7-16(8-6-15)20-12-18-11-17(14(3)4)9-10-19(18)21-20;1-12(2)14-5-7-15(8-6-14)18-11-19-17(21-18)10-9-16(20-19)13(3)4;1-12(2)14-5-7-15(8-6-14)19-11-17-18(21-19)10-9-16(20-17)13(3)4;8*1-2;;;;/h5-7,9-11,13-14,21H,1-4H3;5-7,9-11,13-14H,1-4H3;5-7,9-10,12-13,21H,1-4H3;5-7,9-10,12-13H,1-4H3;8*1-2H3;;;;/q4*-2;;;;;;;;;4*+2. The van der Waals surface area contributed by atoms with E-state index < -0.39 is 0 Å². The fraction of sp³-hybridized carbons (Fsp3) is 0.426. The van der Waals surface area contributed by atoms with Gasteiger partial charge in [0.05, 0.1) is 0 Å². The normalized spacial score (nSPS) is 9.92. The molecule has 12 aromatic rings. The molecular weight excluding hydrogens is 1950 g/mol. The summed E-state index contributed by atoms with van der Waals surface area (Å²) in [5.74, 6) is 5.43. The molecule has 0 bridgehead atoms. The van der Waals surface area contributed by atoms with E-state index in [1.165, 1.54) is 33.4 Å². The largest absolute Gasteiger partial charge is 2.00 e. The smallest absolute Gasteiger partial charge is 0.581 e. The Morgan fingerprint density at radius 1 is 0.279 bits per heavy atom. The van der Waals surface area contributed by atoms with Crippen molar-refractivity contribution in [2.75, 3.05) is 0 Å². The van der Waals surface area contributed by atoms with Crippen molar-refractivity contribution in [2.24, 2.45) is 0 Å². The molecule has 0 atom stereocenters. The van der Waals surface area contributed by atoms with Gasteiger partial charge in [-0.25, -0.2) is 28.8 Å². The van der Waals surface area contributed by atoms with Crippen molar-refractivity contribution >= 4 is 44.0 Å². The number of hydrogen-bond donors (Lipinski definition) is 2. The van der Waals surface area contributed by atoms with Gasteiger partial charge < -0.3 is 18.8 Å². The Hall–Kier alpha value is -5.47. The predicted octanol–water partition coefficient (Wildman–Crippen LogP) is 30.2. The van der Waals surface area contributed by atoms with Crippen molar-refractivity contribution in [2.45, 2.75) is 269 Å². The number of pyridine rings is 2. The van der Waals surface area contributed by atoms with E-state index in [4.69, 9.17) is 8.83 Å². The molecule has 0 amide bonds. The van der Waals surface area contributed by atoms with Crippen LogP contribution in [0, 0.1) is 48.5 Å². The second-order valence-corrected chi connectivity index (χ2v) is 24.5. The van der Waals surface area contributed by atoms with Gasteiger partial charge in [0.2, 0.25) is 0 Å². The molecule has 6 aromatic carbocycles. The molecule has 2 N–H and O–H groups in total. The Bertz CT molecular complexity index is 3550. The monoisotopic (exact) mass is 2080 g/mol. The van der Waals surface area contributed by atoms with E-state index in [9.17, 15) is 0 Å². The molecule has 0 saturated heterocycles. The second-order valence-electron chi connectivity index (χ2n) is 24.5. The maximum Gasteiger partial charge on any atom is 2.00 e. The maximum absolute atomic E-state index is 5.90. The third-order valence-electron chi connectivity index (χ3n) is 15.3. The summed E-state index contributed by atoms with van der Waals surface area (Å²) in [4.78, 5) is 16.1. The zero-order valence-corrected chi connectivity index (χ0v) is 81.4. The van der Waals surface area contributed by atoms with Gasteiger partial charge in [-0.2, -0.15) is 114 Å². The zero-order valence-electron chi connectivity index (χ0n) is 69.7. The van der Waals surface area contributed by atoms with Gasteiger partial charge >= 0.3 is 84.3 Å². The van der Waals surface area contributed by atoms with Crippen LogP contribution in [0.3, 0.4) is 0 Å². The summed E-state index contributed by atoms with van der Waals surface area (Å²) < 4.78 is 11.7. The van der Waals surface area contributed by atoms with Gasteiger partial charge in [0.25, 0.3) is 0 Å². The molecule has 12 rings (SSSR count). The van der Waals surface area contributed by atoms with Crippen molar-refractivity contribution < 1.29 is 93.1 Å². The molecule has 0 spiro atoms. The molecule has 0 radical (unpaired) electrons. The van der Waals surface area contributed by atoms with Crippen LogP contribution >= 0.6 is 0 Å². The number of aromatic nitrogens is 4. The van der Waals surface area contributed by atoms with E-state index in [0.717, 1.165) is 94.8 Å². The van der Waals surface area contributed by atoms with E-state index >= 15 is 0 Å². The minimum Gasteiger partial charge on any atom is -0.581 e. The van der Waals surface area contributed by atoms with Crippen molar-refractivity contribution in [1.29, 1.82) is 0 Å². The SMILES string of the molecule is CC.CC.CC.CC.CC.CC.CC.CC.CC(C)c1c[c-]c(-c2[c-]c3cc(C(C)C)ccc3[nH]2)cc1.CC(C)c1c[c-]c(-c2[c-]c3cc(C(C)C)ccc3o2)cc1.CC(C)c1c[c-]c(-c2[c-]c3nc(C(C)C)ccc3[nH]2)cc1.CC(C)c1c[c-]c(-c2[c-]c3nc(C(C)C)ccc3o2)cc1.[W+2].[W+2].[W+2].[W+2]. The molecule has 0 aliphatic heterocycles. The van der Waals surface area contributed by atoms with Crippen molar-refractivity contribution in [1.82, 2.24) is 19.9 Å². The number of furan rings is 2. The first-order valence-corrected chi connectivity index (χ1v) is 38.0. The number of rotatable bonds is 12. The quantitative estimate of drug-likeness (QED) is 0.119. The van der Waals surface area contributed by atoms with Crippen LogP contribution in [0.2, 0.25) is 0 Å². The Morgan fingerprint density at radius 2 is 0.587 bits per heavy atom. The molecule has 560 valence electrons. The third-order valence-corrected chi connectivity index (χ3v) is 15.3. The van der Waals surface area contributed by atoms with Gasteiger partial charge in [-0.3, -0.25) is 9.97 Å². The fourth-order valence-corrected chi connectivity index (χ4v) is 9.55. The Kier molecular flexibility index (Phi) is 57.3. The summed E-state index contributed by atoms with van der Waals surface area (Å²) in [6.45, 7) is 66.9. The van der Waals surface area contributed by atoms with E-state index in [2.05, 4.69) is 276 Å². The molecule has 6 aromatic heterocycles. The third kappa shape index (κ3) is 31.8. The first-order valence-electron chi connectivity index (χ1n) is 38.0. The summed E-state index contributed by atoms with van der Waals surface area (Å²) in [6, 6.07) is 72.9. The fourth-order valence-electron chi connectivity index (χ4n) is 9.55. The molecule has 0 saturated carbocycles. The summed E-state index contributed by atoms with van der Waals surface area (Å²) in [5, 5.41) is 2.19. The summed E-state index contributed by atoms with van der Waals surface area (Å²) in [7, 11) is 0. The summed E-state index contributed by atoms with van der Waals surface area (Å²) in [6.07, 6.45) is 0. The Labute approximate surface area is 691 Å². The average Bonchev–Trinajstić information content (AvgIpc) is 1.69. The molecule has 0 unspecified atom stereocenters. The number of nitrogens with one attached hydrogen (secondary N) is 2. The number of H-pyrrole nitrogens is 2. The van der Waals surface area contributed by atoms with Gasteiger partial charge in [-0.05, 0) is 57.6 Å². The van der Waals surface area contributed by atoms with Crippen LogP contribution in [0.1, 0.15) is 314 Å². The van der Waals surface area contributed by atoms with Crippen LogP contribution in [-0.2, 0) is 84.3 Å². The van der Waals surface area contributed by atoms with Crippen LogP contribution in [0.5, 0.6) is 0 Å². The maximum atomic E-state index is 5.90. The molecule has 0 aliphatic rings. The van der Waals surface area contributed by atoms with Gasteiger partial charge in [0, 0.05) is 22.6 Å². The summed E-state index contributed by atoms with van der Waals surface area (Å²) >= 11 is 0. The van der Waals surface area contributed by atoms with Crippen molar-refractivity contribution in [3.63, 3.8) is 0 Å². The molecule has 0 fully saturated rings. The Balaban J connectivity index is -0.000000593. The van der Waals surface area contributed by atoms with Gasteiger partial charge in [-0.1, -0.05) is 305 Å². The molecule has 104 heavy (non-hydrogen) atoms. The van der Waals surface area contributed by atoms with E-state index in [0.29, 0.717) is 53.1 Å². The van der Waals surface area contributed by atoms with Gasteiger partial charge in [-0.15, -0.1) is 56.9 Å². The molecule has 6 heterocycles. The number of fused-ring (bicyclic) bond motifs is 4. The molecule has 10 heteroatoms. The van der Waals surface area contributed by atoms with Crippen LogP contribution in [-0.4, -0.2) is 19.9 Å². The van der Waals surface area contributed by atoms with Crippen LogP contribution in [0.25, 0.3) is 89.2 Å². The average molecular weight is 2080 g/mol. The van der Waals surface area contributed by atoms with Gasteiger partial charge in [0.1, 0.15) is 0 Å². The van der Waals surface area contributed by atoms with Crippen LogP contribution < -0.4 is 0 Å². The summed E-state index contributed by atoms with van der Waals surface area (Å²) in [5.41, 5.74) is 21.5. The Morgan fingerprint density at radius 3 is 0.971 bits per heavy atom. The van der Waals surface area contributed by atoms with Crippen molar-refractivity contribution in [3.8, 4) is 45.2 Å².